The van der Waals surface area contributed by atoms with Gasteiger partial charge in [0.2, 0.25) is 10.0 Å². The zero-order valence-electron chi connectivity index (χ0n) is 10.6. The van der Waals surface area contributed by atoms with E-state index in [1.165, 1.54) is 0 Å². The third-order valence-electron chi connectivity index (χ3n) is 3.11. The number of hydrogen-bond donors (Lipinski definition) is 1. The van der Waals surface area contributed by atoms with E-state index in [1.807, 2.05) is 0 Å². The highest BCUT2D eigenvalue weighted by Crippen LogP contribution is 2.31. The van der Waals surface area contributed by atoms with Crippen molar-refractivity contribution >= 4 is 22.0 Å². The van der Waals surface area contributed by atoms with Crippen LogP contribution < -0.4 is 4.72 Å². The zero-order chi connectivity index (χ0) is 14.2. The Bertz CT molecular complexity index is 744. The fourth-order valence-corrected chi connectivity index (χ4v) is 3.31. The van der Waals surface area contributed by atoms with Crippen molar-refractivity contribution in [3.05, 3.63) is 42.2 Å². The van der Waals surface area contributed by atoms with Gasteiger partial charge in [-0.25, -0.2) is 8.42 Å². The summed E-state index contributed by atoms with van der Waals surface area (Å²) in [7, 11) is -3.28. The lowest BCUT2D eigenvalue weighted by Gasteiger charge is -2.07. The van der Waals surface area contributed by atoms with Crippen molar-refractivity contribution in [2.24, 2.45) is 0 Å². The van der Waals surface area contributed by atoms with Gasteiger partial charge in [-0.3, -0.25) is 9.52 Å². The number of rotatable bonds is 5. The zero-order valence-corrected chi connectivity index (χ0v) is 11.4. The molecule has 0 unspecified atom stereocenters. The van der Waals surface area contributed by atoms with Crippen LogP contribution in [-0.2, 0) is 10.0 Å². The van der Waals surface area contributed by atoms with Crippen molar-refractivity contribution in [1.82, 2.24) is 0 Å². The Morgan fingerprint density at radius 2 is 2.00 bits per heavy atom. The van der Waals surface area contributed by atoms with Crippen LogP contribution in [0.25, 0.3) is 11.3 Å². The van der Waals surface area contributed by atoms with Crippen LogP contribution in [0.4, 0.5) is 5.69 Å². The SMILES string of the molecule is O=Cc1ccc(-c2cccc(NS(=O)(=O)C3CC3)c2)o1. The van der Waals surface area contributed by atoms with E-state index in [0.29, 0.717) is 23.3 Å². The van der Waals surface area contributed by atoms with Crippen LogP contribution in [0.3, 0.4) is 0 Å². The van der Waals surface area contributed by atoms with Crippen LogP contribution >= 0.6 is 0 Å². The number of aldehydes is 1. The predicted molar refractivity (Wildman–Crippen MR) is 75.1 cm³/mol. The first-order valence-electron chi connectivity index (χ1n) is 6.25. The highest BCUT2D eigenvalue weighted by molar-refractivity contribution is 7.93. The number of anilines is 1. The molecule has 1 saturated carbocycles. The van der Waals surface area contributed by atoms with Gasteiger partial charge in [0.25, 0.3) is 0 Å². The molecule has 1 aromatic carbocycles. The highest BCUT2D eigenvalue weighted by atomic mass is 32.2. The number of carbonyl (C=O) groups is 1. The van der Waals surface area contributed by atoms with Gasteiger partial charge in [-0.2, -0.15) is 0 Å². The summed E-state index contributed by atoms with van der Waals surface area (Å²) in [6, 6.07) is 10.2. The van der Waals surface area contributed by atoms with E-state index in [4.69, 9.17) is 4.42 Å². The van der Waals surface area contributed by atoms with E-state index in [2.05, 4.69) is 4.72 Å². The van der Waals surface area contributed by atoms with Gasteiger partial charge in [-0.15, -0.1) is 0 Å². The summed E-state index contributed by atoms with van der Waals surface area (Å²) in [6.07, 6.45) is 2.06. The van der Waals surface area contributed by atoms with Gasteiger partial charge < -0.3 is 4.42 Å². The summed E-state index contributed by atoms with van der Waals surface area (Å²) >= 11 is 0. The molecular formula is C14H13NO4S. The van der Waals surface area contributed by atoms with Crippen molar-refractivity contribution in [2.45, 2.75) is 18.1 Å². The maximum Gasteiger partial charge on any atom is 0.235 e. The van der Waals surface area contributed by atoms with Gasteiger partial charge in [-0.05, 0) is 37.1 Å². The molecule has 6 heteroatoms. The van der Waals surface area contributed by atoms with E-state index < -0.39 is 10.0 Å². The molecule has 1 heterocycles. The first-order chi connectivity index (χ1) is 9.58. The Morgan fingerprint density at radius 3 is 2.65 bits per heavy atom. The Kier molecular flexibility index (Phi) is 3.10. The molecule has 1 fully saturated rings. The molecule has 1 N–H and O–H groups in total. The lowest BCUT2D eigenvalue weighted by Crippen LogP contribution is -2.17. The van der Waals surface area contributed by atoms with Crippen LogP contribution in [0, 0.1) is 0 Å². The average Bonchev–Trinajstić information content (AvgIpc) is 3.18. The molecule has 1 aliphatic rings. The van der Waals surface area contributed by atoms with Gasteiger partial charge in [0.05, 0.1) is 5.25 Å². The van der Waals surface area contributed by atoms with E-state index in [1.54, 1.807) is 36.4 Å². The van der Waals surface area contributed by atoms with Gasteiger partial charge in [0.15, 0.2) is 12.0 Å². The Hall–Kier alpha value is -2.08. The number of sulfonamides is 1. The molecule has 0 spiro atoms. The van der Waals surface area contributed by atoms with Crippen molar-refractivity contribution in [3.63, 3.8) is 0 Å². The molecule has 1 aromatic heterocycles. The number of nitrogens with one attached hydrogen (secondary N) is 1. The molecule has 0 saturated heterocycles. The molecule has 0 amide bonds. The Balaban J connectivity index is 1.87. The molecule has 0 aliphatic heterocycles. The predicted octanol–water partition coefficient (Wildman–Crippen LogP) is 2.66. The monoisotopic (exact) mass is 291 g/mol. The van der Waals surface area contributed by atoms with E-state index in [-0.39, 0.29) is 11.0 Å². The van der Waals surface area contributed by atoms with Crippen LogP contribution in [0.5, 0.6) is 0 Å². The molecule has 0 bridgehead atoms. The van der Waals surface area contributed by atoms with Gasteiger partial charge >= 0.3 is 0 Å². The quantitative estimate of drug-likeness (QED) is 0.859. The molecule has 2 aromatic rings. The normalized spacial score (nSPS) is 15.0. The van der Waals surface area contributed by atoms with Crippen LogP contribution in [0.15, 0.2) is 40.8 Å². The maximum absolute atomic E-state index is 11.9. The van der Waals surface area contributed by atoms with Crippen LogP contribution in [-0.4, -0.2) is 20.0 Å². The summed E-state index contributed by atoms with van der Waals surface area (Å²) < 4.78 is 31.6. The van der Waals surface area contributed by atoms with E-state index in [9.17, 15) is 13.2 Å². The summed E-state index contributed by atoms with van der Waals surface area (Å²) in [5.41, 5.74) is 1.22. The first-order valence-corrected chi connectivity index (χ1v) is 7.80. The fourth-order valence-electron chi connectivity index (χ4n) is 1.93. The molecule has 0 radical (unpaired) electrons. The van der Waals surface area contributed by atoms with Crippen LogP contribution in [0.1, 0.15) is 23.4 Å². The van der Waals surface area contributed by atoms with Crippen molar-refractivity contribution in [1.29, 1.82) is 0 Å². The number of furan rings is 1. The average molecular weight is 291 g/mol. The first kappa shape index (κ1) is 12.9. The Morgan fingerprint density at radius 1 is 1.20 bits per heavy atom. The minimum atomic E-state index is -3.28. The van der Waals surface area contributed by atoms with Gasteiger partial charge in [-0.1, -0.05) is 12.1 Å². The molecule has 3 rings (SSSR count). The number of benzene rings is 1. The number of carbonyl (C=O) groups excluding carboxylic acids is 1. The fraction of sp³-hybridized carbons (Fsp3) is 0.214. The third-order valence-corrected chi connectivity index (χ3v) is 4.98. The second-order valence-electron chi connectivity index (χ2n) is 4.75. The molecule has 5 nitrogen and oxygen atoms in total. The highest BCUT2D eigenvalue weighted by Gasteiger charge is 2.35. The van der Waals surface area contributed by atoms with Gasteiger partial charge in [0, 0.05) is 11.3 Å². The Labute approximate surface area is 116 Å². The van der Waals surface area contributed by atoms with E-state index >= 15 is 0 Å². The standard InChI is InChI=1S/C14H13NO4S/c16-9-12-4-7-14(19-12)10-2-1-3-11(8-10)15-20(17,18)13-5-6-13/h1-4,7-9,13,15H,5-6H2. The second-order valence-corrected chi connectivity index (χ2v) is 6.71. The van der Waals surface area contributed by atoms with E-state index in [0.717, 1.165) is 12.8 Å². The number of hydrogen-bond acceptors (Lipinski definition) is 4. The molecule has 1 aliphatic carbocycles. The second kappa shape index (κ2) is 4.79. The molecule has 104 valence electrons. The summed E-state index contributed by atoms with van der Waals surface area (Å²) in [4.78, 5) is 10.6. The lowest BCUT2D eigenvalue weighted by molar-refractivity contribution is 0.110. The molecular weight excluding hydrogens is 278 g/mol. The van der Waals surface area contributed by atoms with Crippen molar-refractivity contribution in [3.8, 4) is 11.3 Å². The van der Waals surface area contributed by atoms with Crippen LogP contribution in [0.2, 0.25) is 0 Å². The third kappa shape index (κ3) is 2.60. The lowest BCUT2D eigenvalue weighted by atomic mass is 10.1. The van der Waals surface area contributed by atoms with Crippen molar-refractivity contribution < 1.29 is 17.6 Å². The minimum absolute atomic E-state index is 0.240. The minimum Gasteiger partial charge on any atom is -0.453 e. The largest absolute Gasteiger partial charge is 0.453 e. The molecule has 0 atom stereocenters. The summed E-state index contributed by atoms with van der Waals surface area (Å²) in [5, 5.41) is -0.267. The smallest absolute Gasteiger partial charge is 0.235 e. The van der Waals surface area contributed by atoms with Crippen molar-refractivity contribution in [2.75, 3.05) is 4.72 Å². The topological polar surface area (TPSA) is 76.4 Å². The van der Waals surface area contributed by atoms with Gasteiger partial charge in [0.1, 0.15) is 5.76 Å². The molecule has 20 heavy (non-hydrogen) atoms. The summed E-state index contributed by atoms with van der Waals surface area (Å²) in [5.74, 6) is 0.767. The summed E-state index contributed by atoms with van der Waals surface area (Å²) in [6.45, 7) is 0. The maximum atomic E-state index is 11.9.